The molecule has 1 aliphatic heterocycles. The van der Waals surface area contributed by atoms with Gasteiger partial charge in [-0.3, -0.25) is 0 Å². The van der Waals surface area contributed by atoms with Gasteiger partial charge in [0.2, 0.25) is 10.0 Å². The Kier molecular flexibility index (Phi) is 5.30. The van der Waals surface area contributed by atoms with E-state index in [-0.39, 0.29) is 11.6 Å². The van der Waals surface area contributed by atoms with Gasteiger partial charge in [-0.1, -0.05) is 12.1 Å². The van der Waals surface area contributed by atoms with Gasteiger partial charge in [0.25, 0.3) is 0 Å². The van der Waals surface area contributed by atoms with E-state index >= 15 is 0 Å². The number of rotatable bonds is 5. The highest BCUT2D eigenvalue weighted by molar-refractivity contribution is 7.89. The van der Waals surface area contributed by atoms with Gasteiger partial charge in [-0.15, -0.1) is 11.6 Å². The zero-order valence-electron chi connectivity index (χ0n) is 12.4. The molecule has 1 aromatic rings. The minimum Gasteiger partial charge on any atom is -0.375 e. The Balaban J connectivity index is 2.07. The third-order valence-corrected chi connectivity index (χ3v) is 5.36. The molecule has 0 saturated carbocycles. The Morgan fingerprint density at radius 3 is 2.57 bits per heavy atom. The number of hydrogen-bond donors (Lipinski definition) is 1. The maximum atomic E-state index is 12.4. The summed E-state index contributed by atoms with van der Waals surface area (Å²) >= 11 is 5.68. The number of nitrogens with one attached hydrogen (secondary N) is 1. The van der Waals surface area contributed by atoms with Crippen LogP contribution in [0.4, 0.5) is 0 Å². The van der Waals surface area contributed by atoms with E-state index in [2.05, 4.69) is 4.72 Å². The van der Waals surface area contributed by atoms with Crippen LogP contribution in [0, 0.1) is 0 Å². The second kappa shape index (κ2) is 6.65. The maximum Gasteiger partial charge on any atom is 0.240 e. The van der Waals surface area contributed by atoms with Crippen LogP contribution in [0.15, 0.2) is 29.2 Å². The molecule has 1 unspecified atom stereocenters. The van der Waals surface area contributed by atoms with Crippen LogP contribution < -0.4 is 4.72 Å². The average Bonchev–Trinajstić information content (AvgIpc) is 2.38. The molecule has 21 heavy (non-hydrogen) atoms. The van der Waals surface area contributed by atoms with Crippen molar-refractivity contribution in [1.29, 1.82) is 0 Å². The first-order valence-corrected chi connectivity index (χ1v) is 9.15. The predicted octanol–water partition coefficient (Wildman–Crippen LogP) is 2.70. The molecule has 1 aliphatic rings. The fraction of sp³-hybridized carbons (Fsp3) is 0.600. The van der Waals surface area contributed by atoms with E-state index in [1.54, 1.807) is 12.1 Å². The molecule has 1 N–H and O–H groups in total. The quantitative estimate of drug-likeness (QED) is 0.844. The van der Waals surface area contributed by atoms with E-state index in [1.807, 2.05) is 26.0 Å². The number of aryl methyl sites for hydroxylation is 1. The summed E-state index contributed by atoms with van der Waals surface area (Å²) in [6.45, 7) is 4.54. The number of ether oxygens (including phenoxy) is 1. The van der Waals surface area contributed by atoms with Crippen LogP contribution in [0.3, 0.4) is 0 Å². The Morgan fingerprint density at radius 1 is 1.33 bits per heavy atom. The minimum atomic E-state index is -3.48. The summed E-state index contributed by atoms with van der Waals surface area (Å²) in [4.78, 5) is 0.296. The first-order valence-electron chi connectivity index (χ1n) is 7.14. The van der Waals surface area contributed by atoms with E-state index in [0.29, 0.717) is 30.2 Å². The van der Waals surface area contributed by atoms with Gasteiger partial charge in [-0.2, -0.15) is 0 Å². The van der Waals surface area contributed by atoms with Crippen LogP contribution in [-0.2, 0) is 21.2 Å². The molecule has 4 nitrogen and oxygen atoms in total. The zero-order valence-corrected chi connectivity index (χ0v) is 14.0. The van der Waals surface area contributed by atoms with Crippen LogP contribution in [0.2, 0.25) is 0 Å². The molecular weight excluding hydrogens is 310 g/mol. The summed E-state index contributed by atoms with van der Waals surface area (Å²) in [7, 11) is -3.48. The SMILES string of the molecule is CC1(C)CC(NS(=O)(=O)c2ccc(CCCl)cc2)CCO1. The summed E-state index contributed by atoms with van der Waals surface area (Å²) in [5.74, 6) is 0.529. The van der Waals surface area contributed by atoms with E-state index in [0.717, 1.165) is 12.0 Å². The van der Waals surface area contributed by atoms with E-state index in [1.165, 1.54) is 0 Å². The predicted molar refractivity (Wildman–Crippen MR) is 84.2 cm³/mol. The first-order chi connectivity index (χ1) is 9.82. The summed E-state index contributed by atoms with van der Waals surface area (Å²) in [6, 6.07) is 6.81. The fourth-order valence-corrected chi connectivity index (χ4v) is 4.05. The van der Waals surface area contributed by atoms with E-state index in [4.69, 9.17) is 16.3 Å². The molecule has 6 heteroatoms. The second-order valence-corrected chi connectivity index (χ2v) is 8.09. The molecule has 1 saturated heterocycles. The van der Waals surface area contributed by atoms with Crippen LogP contribution in [-0.4, -0.2) is 32.5 Å². The van der Waals surface area contributed by atoms with Crippen molar-refractivity contribution in [3.05, 3.63) is 29.8 Å². The lowest BCUT2D eigenvalue weighted by Gasteiger charge is -2.35. The summed E-state index contributed by atoms with van der Waals surface area (Å²) in [6.07, 6.45) is 2.12. The van der Waals surface area contributed by atoms with Gasteiger partial charge in [-0.25, -0.2) is 13.1 Å². The molecule has 0 radical (unpaired) electrons. The molecule has 1 atom stereocenters. The van der Waals surface area contributed by atoms with Crippen LogP contribution in [0.1, 0.15) is 32.3 Å². The Hall–Kier alpha value is -0.620. The van der Waals surface area contributed by atoms with Crippen LogP contribution in [0.5, 0.6) is 0 Å². The Morgan fingerprint density at radius 2 is 2.00 bits per heavy atom. The second-order valence-electron chi connectivity index (χ2n) is 6.00. The standard InChI is InChI=1S/C15H22ClNO3S/c1-15(2)11-13(8-10-20-15)17-21(18,19)14-5-3-12(4-6-14)7-9-16/h3-6,13,17H,7-11H2,1-2H3. The van der Waals surface area contributed by atoms with Gasteiger partial charge in [0.15, 0.2) is 0 Å². The molecule has 0 aliphatic carbocycles. The lowest BCUT2D eigenvalue weighted by Crippen LogP contribution is -2.45. The minimum absolute atomic E-state index is 0.0822. The molecule has 0 spiro atoms. The number of halogens is 1. The molecule has 118 valence electrons. The van der Waals surface area contributed by atoms with Crippen molar-refractivity contribution in [2.24, 2.45) is 0 Å². The van der Waals surface area contributed by atoms with Crippen molar-refractivity contribution in [1.82, 2.24) is 4.72 Å². The number of benzene rings is 1. The molecule has 0 aromatic heterocycles. The summed E-state index contributed by atoms with van der Waals surface area (Å²) in [5.41, 5.74) is 0.756. The highest BCUT2D eigenvalue weighted by Crippen LogP contribution is 2.25. The van der Waals surface area contributed by atoms with Crippen molar-refractivity contribution in [3.8, 4) is 0 Å². The van der Waals surface area contributed by atoms with Crippen molar-refractivity contribution in [3.63, 3.8) is 0 Å². The molecule has 1 fully saturated rings. The lowest BCUT2D eigenvalue weighted by atomic mass is 9.95. The van der Waals surface area contributed by atoms with Crippen LogP contribution in [0.25, 0.3) is 0 Å². The van der Waals surface area contributed by atoms with E-state index in [9.17, 15) is 8.42 Å². The number of sulfonamides is 1. The van der Waals surface area contributed by atoms with Gasteiger partial charge in [0.1, 0.15) is 0 Å². The smallest absolute Gasteiger partial charge is 0.240 e. The first kappa shape index (κ1) is 16.7. The van der Waals surface area contributed by atoms with E-state index < -0.39 is 10.0 Å². The lowest BCUT2D eigenvalue weighted by molar-refractivity contribution is -0.0599. The Bertz CT molecular complexity index is 569. The monoisotopic (exact) mass is 331 g/mol. The molecule has 1 aromatic carbocycles. The van der Waals surface area contributed by atoms with Gasteiger partial charge in [0, 0.05) is 18.5 Å². The highest BCUT2D eigenvalue weighted by Gasteiger charge is 2.31. The molecule has 1 heterocycles. The fourth-order valence-electron chi connectivity index (χ4n) is 2.56. The third kappa shape index (κ3) is 4.68. The summed E-state index contributed by atoms with van der Waals surface area (Å²) in [5, 5.41) is 0. The summed E-state index contributed by atoms with van der Waals surface area (Å²) < 4.78 is 33.2. The normalized spacial score (nSPS) is 22.1. The number of hydrogen-bond acceptors (Lipinski definition) is 3. The van der Waals surface area contributed by atoms with Gasteiger partial charge >= 0.3 is 0 Å². The van der Waals surface area contributed by atoms with Crippen molar-refractivity contribution >= 4 is 21.6 Å². The third-order valence-electron chi connectivity index (χ3n) is 3.64. The Labute approximate surface area is 131 Å². The largest absolute Gasteiger partial charge is 0.375 e. The van der Waals surface area contributed by atoms with Crippen molar-refractivity contribution in [2.75, 3.05) is 12.5 Å². The van der Waals surface area contributed by atoms with Crippen molar-refractivity contribution in [2.45, 2.75) is 49.6 Å². The molecular formula is C15H22ClNO3S. The van der Waals surface area contributed by atoms with Crippen molar-refractivity contribution < 1.29 is 13.2 Å². The van der Waals surface area contributed by atoms with Gasteiger partial charge in [0.05, 0.1) is 10.5 Å². The van der Waals surface area contributed by atoms with Gasteiger partial charge in [-0.05, 0) is 50.8 Å². The molecule has 0 bridgehead atoms. The zero-order chi connectivity index (χ0) is 15.5. The highest BCUT2D eigenvalue weighted by atomic mass is 35.5. The number of alkyl halides is 1. The maximum absolute atomic E-state index is 12.4. The van der Waals surface area contributed by atoms with Gasteiger partial charge < -0.3 is 4.74 Å². The molecule has 2 rings (SSSR count). The van der Waals surface area contributed by atoms with Crippen LogP contribution >= 0.6 is 11.6 Å². The average molecular weight is 332 g/mol. The topological polar surface area (TPSA) is 55.4 Å². The molecule has 0 amide bonds.